The summed E-state index contributed by atoms with van der Waals surface area (Å²) in [6, 6.07) is 13.2. The first-order valence-electron chi connectivity index (χ1n) is 7.80. The Bertz CT molecular complexity index is 1080. The van der Waals surface area contributed by atoms with E-state index < -0.39 is 16.8 Å². The predicted molar refractivity (Wildman–Crippen MR) is 98.0 cm³/mol. The van der Waals surface area contributed by atoms with Crippen molar-refractivity contribution in [3.05, 3.63) is 75.8 Å². The van der Waals surface area contributed by atoms with Crippen molar-refractivity contribution in [3.8, 4) is 5.75 Å². The Balaban J connectivity index is 1.93. The lowest BCUT2D eigenvalue weighted by molar-refractivity contribution is -0.384. The van der Waals surface area contributed by atoms with Crippen LogP contribution in [0.15, 0.2) is 54.6 Å². The third-order valence-electron chi connectivity index (χ3n) is 3.94. The van der Waals surface area contributed by atoms with Gasteiger partial charge in [0.15, 0.2) is 0 Å². The number of anilines is 1. The molecule has 1 amide bonds. The number of non-ortho nitro benzene ring substituents is 1. The van der Waals surface area contributed by atoms with Crippen molar-refractivity contribution in [3.63, 3.8) is 0 Å². The van der Waals surface area contributed by atoms with Crippen LogP contribution in [-0.2, 0) is 4.74 Å². The predicted octanol–water partition coefficient (Wildman–Crippen LogP) is 3.49. The molecule has 0 aliphatic rings. The molecular formula is C19H14N2O6. The molecule has 8 nitrogen and oxygen atoms in total. The monoisotopic (exact) mass is 366 g/mol. The van der Waals surface area contributed by atoms with Crippen LogP contribution >= 0.6 is 0 Å². The highest BCUT2D eigenvalue weighted by Gasteiger charge is 2.15. The fraction of sp³-hybridized carbons (Fsp3) is 0.0526. The number of carbonyl (C=O) groups excluding carboxylic acids is 2. The van der Waals surface area contributed by atoms with Gasteiger partial charge in [0.2, 0.25) is 0 Å². The highest BCUT2D eigenvalue weighted by atomic mass is 16.6. The van der Waals surface area contributed by atoms with Gasteiger partial charge in [-0.15, -0.1) is 0 Å². The second kappa shape index (κ2) is 7.12. The maximum atomic E-state index is 12.5. The summed E-state index contributed by atoms with van der Waals surface area (Å²) in [6.45, 7) is 0. The molecule has 3 rings (SSSR count). The van der Waals surface area contributed by atoms with Crippen molar-refractivity contribution in [2.75, 3.05) is 12.4 Å². The number of esters is 1. The Morgan fingerprint density at radius 3 is 2.56 bits per heavy atom. The third-order valence-corrected chi connectivity index (χ3v) is 3.94. The van der Waals surface area contributed by atoms with Crippen LogP contribution in [0.1, 0.15) is 20.7 Å². The summed E-state index contributed by atoms with van der Waals surface area (Å²) in [5.41, 5.74) is 0.427. The molecule has 27 heavy (non-hydrogen) atoms. The Hall–Kier alpha value is -3.94. The summed E-state index contributed by atoms with van der Waals surface area (Å²) >= 11 is 0. The van der Waals surface area contributed by atoms with E-state index >= 15 is 0 Å². The molecular weight excluding hydrogens is 352 g/mol. The molecule has 0 bridgehead atoms. The minimum atomic E-state index is -0.694. The first kappa shape index (κ1) is 17.9. The number of phenols is 1. The molecule has 2 N–H and O–H groups in total. The molecule has 0 radical (unpaired) electrons. The zero-order valence-corrected chi connectivity index (χ0v) is 14.1. The smallest absolute Gasteiger partial charge is 0.341 e. The zero-order valence-electron chi connectivity index (χ0n) is 14.1. The number of methoxy groups -OCH3 is 1. The second-order valence-corrected chi connectivity index (χ2v) is 5.68. The van der Waals surface area contributed by atoms with E-state index in [1.165, 1.54) is 37.4 Å². The summed E-state index contributed by atoms with van der Waals surface area (Å²) < 4.78 is 4.62. The van der Waals surface area contributed by atoms with Crippen LogP contribution in [-0.4, -0.2) is 29.0 Å². The van der Waals surface area contributed by atoms with Gasteiger partial charge < -0.3 is 15.2 Å². The van der Waals surface area contributed by atoms with Gasteiger partial charge in [0.1, 0.15) is 11.3 Å². The first-order valence-corrected chi connectivity index (χ1v) is 7.80. The average Bonchev–Trinajstić information content (AvgIpc) is 2.66. The number of nitro groups is 1. The topological polar surface area (TPSA) is 119 Å². The number of nitrogens with zero attached hydrogens (tertiary/aromatic N) is 1. The summed E-state index contributed by atoms with van der Waals surface area (Å²) in [6.07, 6.45) is 0. The van der Waals surface area contributed by atoms with Gasteiger partial charge in [-0.1, -0.05) is 12.1 Å². The van der Waals surface area contributed by atoms with Gasteiger partial charge >= 0.3 is 5.97 Å². The molecule has 0 heterocycles. The van der Waals surface area contributed by atoms with Crippen LogP contribution in [0.2, 0.25) is 0 Å². The van der Waals surface area contributed by atoms with E-state index in [1.807, 2.05) is 0 Å². The number of aromatic hydroxyl groups is 1. The normalized spacial score (nSPS) is 10.4. The number of hydrogen-bond acceptors (Lipinski definition) is 6. The number of rotatable bonds is 4. The number of amides is 1. The summed E-state index contributed by atoms with van der Waals surface area (Å²) in [5.74, 6) is -1.38. The van der Waals surface area contributed by atoms with E-state index in [4.69, 9.17) is 0 Å². The van der Waals surface area contributed by atoms with E-state index in [1.54, 1.807) is 24.3 Å². The third kappa shape index (κ3) is 3.69. The van der Waals surface area contributed by atoms with Crippen LogP contribution in [0.4, 0.5) is 11.4 Å². The van der Waals surface area contributed by atoms with Gasteiger partial charge in [-0.05, 0) is 41.1 Å². The Kier molecular flexibility index (Phi) is 4.71. The van der Waals surface area contributed by atoms with Crippen molar-refractivity contribution in [1.29, 1.82) is 0 Å². The number of fused-ring (bicyclic) bond motifs is 1. The molecule has 0 aromatic heterocycles. The van der Waals surface area contributed by atoms with Gasteiger partial charge in [0, 0.05) is 23.4 Å². The molecule has 0 fully saturated rings. The number of nitrogens with one attached hydrogen (secondary N) is 1. The second-order valence-electron chi connectivity index (χ2n) is 5.68. The van der Waals surface area contributed by atoms with Gasteiger partial charge in [-0.2, -0.15) is 0 Å². The Morgan fingerprint density at radius 1 is 1.07 bits per heavy atom. The lowest BCUT2D eigenvalue weighted by Gasteiger charge is -2.08. The maximum absolute atomic E-state index is 12.5. The maximum Gasteiger partial charge on any atom is 0.341 e. The quantitative estimate of drug-likeness (QED) is 0.414. The molecule has 0 aliphatic carbocycles. The summed E-state index contributed by atoms with van der Waals surface area (Å²) in [4.78, 5) is 34.4. The highest BCUT2D eigenvalue weighted by Crippen LogP contribution is 2.27. The van der Waals surface area contributed by atoms with Crippen molar-refractivity contribution in [2.45, 2.75) is 0 Å². The van der Waals surface area contributed by atoms with Gasteiger partial charge in [0.05, 0.1) is 12.0 Å². The van der Waals surface area contributed by atoms with Gasteiger partial charge in [-0.3, -0.25) is 14.9 Å². The van der Waals surface area contributed by atoms with Crippen LogP contribution in [0, 0.1) is 10.1 Å². The van der Waals surface area contributed by atoms with E-state index in [0.29, 0.717) is 10.8 Å². The van der Waals surface area contributed by atoms with Crippen molar-refractivity contribution < 1.29 is 24.4 Å². The number of carbonyl (C=O) groups is 2. The summed E-state index contributed by atoms with van der Waals surface area (Å²) in [7, 11) is 1.20. The van der Waals surface area contributed by atoms with Crippen LogP contribution < -0.4 is 5.32 Å². The number of benzene rings is 3. The number of nitro benzene ring substituents is 1. The molecule has 0 saturated heterocycles. The standard InChI is InChI=1S/C19H14N2O6/c1-27-19(24)16-8-13-7-12(6-5-11(13)9-17(16)22)18(23)20-14-3-2-4-15(10-14)21(25)26/h2-10,22H,1H3,(H,20,23). The highest BCUT2D eigenvalue weighted by molar-refractivity contribution is 6.07. The van der Waals surface area contributed by atoms with Crippen molar-refractivity contribution >= 4 is 34.0 Å². The fourth-order valence-corrected chi connectivity index (χ4v) is 2.60. The van der Waals surface area contributed by atoms with E-state index in [0.717, 1.165) is 0 Å². The minimum Gasteiger partial charge on any atom is -0.507 e. The zero-order chi connectivity index (χ0) is 19.6. The number of phenolic OH excluding ortho intramolecular Hbond substituents is 1. The van der Waals surface area contributed by atoms with E-state index in [-0.39, 0.29) is 28.3 Å². The fourth-order valence-electron chi connectivity index (χ4n) is 2.60. The Labute approximate surface area is 153 Å². The van der Waals surface area contributed by atoms with Gasteiger partial charge in [0.25, 0.3) is 11.6 Å². The summed E-state index contributed by atoms with van der Waals surface area (Å²) in [5, 5.41) is 24.5. The first-order chi connectivity index (χ1) is 12.9. The molecule has 8 heteroatoms. The minimum absolute atomic E-state index is 0.0127. The lowest BCUT2D eigenvalue weighted by Crippen LogP contribution is -2.12. The molecule has 0 atom stereocenters. The SMILES string of the molecule is COC(=O)c1cc2cc(C(=O)Nc3cccc([N+](=O)[O-])c3)ccc2cc1O. The molecule has 3 aromatic carbocycles. The molecule has 136 valence electrons. The molecule has 0 saturated carbocycles. The number of hydrogen-bond donors (Lipinski definition) is 2. The van der Waals surface area contributed by atoms with Crippen LogP contribution in [0.25, 0.3) is 10.8 Å². The Morgan fingerprint density at radius 2 is 1.85 bits per heavy atom. The van der Waals surface area contributed by atoms with Crippen LogP contribution in [0.3, 0.4) is 0 Å². The van der Waals surface area contributed by atoms with Crippen LogP contribution in [0.5, 0.6) is 5.75 Å². The average molecular weight is 366 g/mol. The number of ether oxygens (including phenoxy) is 1. The largest absolute Gasteiger partial charge is 0.507 e. The lowest BCUT2D eigenvalue weighted by atomic mass is 10.0. The molecule has 3 aromatic rings. The van der Waals surface area contributed by atoms with Gasteiger partial charge in [-0.25, -0.2) is 4.79 Å². The van der Waals surface area contributed by atoms with E-state index in [2.05, 4.69) is 10.1 Å². The van der Waals surface area contributed by atoms with Crippen molar-refractivity contribution in [1.82, 2.24) is 0 Å². The molecule has 0 aliphatic heterocycles. The van der Waals surface area contributed by atoms with E-state index in [9.17, 15) is 24.8 Å². The van der Waals surface area contributed by atoms with Crippen molar-refractivity contribution in [2.24, 2.45) is 0 Å². The molecule has 0 unspecified atom stereocenters. The molecule has 0 spiro atoms.